The first kappa shape index (κ1) is 9.71. The molecule has 1 saturated heterocycles. The highest BCUT2D eigenvalue weighted by Crippen LogP contribution is 2.30. The van der Waals surface area contributed by atoms with Gasteiger partial charge in [0.2, 0.25) is 0 Å². The first-order valence-corrected chi connectivity index (χ1v) is 4.71. The van der Waals surface area contributed by atoms with Gasteiger partial charge in [-0.1, -0.05) is 30.3 Å². The van der Waals surface area contributed by atoms with Crippen molar-refractivity contribution in [1.82, 2.24) is 10.2 Å². The van der Waals surface area contributed by atoms with E-state index in [0.717, 1.165) is 5.56 Å². The highest BCUT2D eigenvalue weighted by molar-refractivity contribution is 6.07. The van der Waals surface area contributed by atoms with E-state index in [0.29, 0.717) is 0 Å². The molecule has 0 aromatic heterocycles. The van der Waals surface area contributed by atoms with Crippen LogP contribution >= 0.6 is 0 Å². The number of urea groups is 1. The molecule has 1 fully saturated rings. The van der Waals surface area contributed by atoms with E-state index in [2.05, 4.69) is 5.32 Å². The van der Waals surface area contributed by atoms with Crippen LogP contribution < -0.4 is 5.32 Å². The zero-order valence-electron chi connectivity index (χ0n) is 8.65. The highest BCUT2D eigenvalue weighted by atomic mass is 16.2. The Balaban J connectivity index is 2.51. The van der Waals surface area contributed by atoms with Crippen LogP contribution in [0.15, 0.2) is 30.3 Å². The summed E-state index contributed by atoms with van der Waals surface area (Å²) < 4.78 is 0. The smallest absolute Gasteiger partial charge is 0.309 e. The lowest BCUT2D eigenvalue weighted by molar-refractivity contribution is -0.125. The van der Waals surface area contributed by atoms with E-state index < -0.39 is 5.54 Å². The fourth-order valence-electron chi connectivity index (χ4n) is 1.75. The molecule has 1 unspecified atom stereocenters. The van der Waals surface area contributed by atoms with Gasteiger partial charge in [-0.25, -0.2) is 4.79 Å². The fourth-order valence-corrected chi connectivity index (χ4v) is 1.75. The Bertz CT molecular complexity index is 416. The Kier molecular flexibility index (Phi) is 2.00. The predicted molar refractivity (Wildman–Crippen MR) is 55.1 cm³/mol. The zero-order valence-corrected chi connectivity index (χ0v) is 8.65. The van der Waals surface area contributed by atoms with Gasteiger partial charge in [0.15, 0.2) is 0 Å². The quantitative estimate of drug-likeness (QED) is 0.696. The number of rotatable bonds is 1. The standard InChI is InChI=1S/C11H12N2O2/c1-11(8-6-4-3-5-7-8)9(14)12-10(15)13(11)2/h3-7H,1-2H3,(H,12,14,15). The summed E-state index contributed by atoms with van der Waals surface area (Å²) in [6.07, 6.45) is 0. The Morgan fingerprint density at radius 1 is 1.20 bits per heavy atom. The molecule has 1 aromatic carbocycles. The number of hydrogen-bond acceptors (Lipinski definition) is 2. The molecule has 1 aliphatic heterocycles. The molecule has 3 amide bonds. The topological polar surface area (TPSA) is 49.4 Å². The average Bonchev–Trinajstić information content (AvgIpc) is 2.45. The van der Waals surface area contributed by atoms with Crippen LogP contribution in [0.3, 0.4) is 0 Å². The second-order valence-electron chi connectivity index (χ2n) is 3.76. The van der Waals surface area contributed by atoms with Crippen LogP contribution in [0.2, 0.25) is 0 Å². The molecule has 0 spiro atoms. The van der Waals surface area contributed by atoms with Crippen LogP contribution in [-0.4, -0.2) is 23.9 Å². The minimum Gasteiger partial charge on any atom is -0.309 e. The molecule has 0 saturated carbocycles. The number of nitrogens with zero attached hydrogens (tertiary/aromatic N) is 1. The summed E-state index contributed by atoms with van der Waals surface area (Å²) in [6.45, 7) is 1.74. The molecule has 78 valence electrons. The minimum atomic E-state index is -0.891. The number of benzene rings is 1. The van der Waals surface area contributed by atoms with Crippen LogP contribution in [0.4, 0.5) is 4.79 Å². The molecule has 4 nitrogen and oxygen atoms in total. The van der Waals surface area contributed by atoms with E-state index in [1.54, 1.807) is 14.0 Å². The van der Waals surface area contributed by atoms with E-state index in [1.807, 2.05) is 30.3 Å². The maximum Gasteiger partial charge on any atom is 0.325 e. The van der Waals surface area contributed by atoms with Gasteiger partial charge in [-0.2, -0.15) is 0 Å². The first-order valence-electron chi connectivity index (χ1n) is 4.71. The summed E-state index contributed by atoms with van der Waals surface area (Å²) in [4.78, 5) is 24.5. The third-order valence-electron chi connectivity index (χ3n) is 2.97. The van der Waals surface area contributed by atoms with Gasteiger partial charge in [-0.3, -0.25) is 10.1 Å². The van der Waals surface area contributed by atoms with Crippen molar-refractivity contribution in [2.24, 2.45) is 0 Å². The molecule has 1 aliphatic rings. The summed E-state index contributed by atoms with van der Waals surface area (Å²) in [6, 6.07) is 8.91. The summed E-state index contributed by atoms with van der Waals surface area (Å²) in [7, 11) is 1.62. The molecule has 1 aromatic rings. The predicted octanol–water partition coefficient (Wildman–Crippen LogP) is 1.08. The van der Waals surface area contributed by atoms with Crippen LogP contribution in [0, 0.1) is 0 Å². The normalized spacial score (nSPS) is 25.6. The van der Waals surface area contributed by atoms with Crippen molar-refractivity contribution >= 4 is 11.9 Å². The highest BCUT2D eigenvalue weighted by Gasteiger charge is 2.48. The van der Waals surface area contributed by atoms with Gasteiger partial charge in [-0.15, -0.1) is 0 Å². The van der Waals surface area contributed by atoms with Gasteiger partial charge in [-0.05, 0) is 12.5 Å². The SMILES string of the molecule is CN1C(=O)NC(=O)C1(C)c1ccccc1. The van der Waals surface area contributed by atoms with Gasteiger partial charge in [0, 0.05) is 7.05 Å². The Hall–Kier alpha value is -1.84. The van der Waals surface area contributed by atoms with Crippen molar-refractivity contribution in [3.05, 3.63) is 35.9 Å². The van der Waals surface area contributed by atoms with Crippen molar-refractivity contribution < 1.29 is 9.59 Å². The van der Waals surface area contributed by atoms with E-state index in [4.69, 9.17) is 0 Å². The molecule has 1 atom stereocenters. The summed E-state index contributed by atoms with van der Waals surface area (Å²) in [5.41, 5.74) is -0.0749. The van der Waals surface area contributed by atoms with E-state index >= 15 is 0 Å². The molecular formula is C11H12N2O2. The van der Waals surface area contributed by atoms with Gasteiger partial charge in [0.1, 0.15) is 5.54 Å². The maximum absolute atomic E-state index is 11.7. The van der Waals surface area contributed by atoms with Gasteiger partial charge in [0.25, 0.3) is 5.91 Å². The summed E-state index contributed by atoms with van der Waals surface area (Å²) in [5, 5.41) is 2.30. The average molecular weight is 204 g/mol. The van der Waals surface area contributed by atoms with Gasteiger partial charge in [0.05, 0.1) is 0 Å². The second kappa shape index (κ2) is 3.08. The molecule has 0 bridgehead atoms. The van der Waals surface area contributed by atoms with Crippen molar-refractivity contribution in [1.29, 1.82) is 0 Å². The largest absolute Gasteiger partial charge is 0.325 e. The van der Waals surface area contributed by atoms with E-state index in [-0.39, 0.29) is 11.9 Å². The van der Waals surface area contributed by atoms with Crippen molar-refractivity contribution in [3.8, 4) is 0 Å². The number of carbonyl (C=O) groups is 2. The lowest BCUT2D eigenvalue weighted by Crippen LogP contribution is -2.41. The van der Waals surface area contributed by atoms with E-state index in [1.165, 1.54) is 4.90 Å². The Labute approximate surface area is 87.9 Å². The Morgan fingerprint density at radius 2 is 1.80 bits per heavy atom. The van der Waals surface area contributed by atoms with Crippen molar-refractivity contribution in [3.63, 3.8) is 0 Å². The lowest BCUT2D eigenvalue weighted by atomic mass is 9.91. The molecular weight excluding hydrogens is 192 g/mol. The summed E-state index contributed by atoms with van der Waals surface area (Å²) >= 11 is 0. The number of nitrogens with one attached hydrogen (secondary N) is 1. The molecule has 15 heavy (non-hydrogen) atoms. The van der Waals surface area contributed by atoms with Gasteiger partial charge < -0.3 is 4.90 Å². The number of carbonyl (C=O) groups excluding carboxylic acids is 2. The number of likely N-dealkylation sites (N-methyl/N-ethyl adjacent to an activating group) is 1. The van der Waals surface area contributed by atoms with Crippen molar-refractivity contribution in [2.75, 3.05) is 7.05 Å². The van der Waals surface area contributed by atoms with Crippen LogP contribution in [0.25, 0.3) is 0 Å². The number of imide groups is 1. The third kappa shape index (κ3) is 1.21. The molecule has 2 rings (SSSR count). The van der Waals surface area contributed by atoms with Gasteiger partial charge >= 0.3 is 6.03 Å². The number of hydrogen-bond donors (Lipinski definition) is 1. The monoisotopic (exact) mass is 204 g/mol. The molecule has 0 aliphatic carbocycles. The first-order chi connectivity index (χ1) is 7.06. The maximum atomic E-state index is 11.7. The zero-order chi connectivity index (χ0) is 11.1. The van der Waals surface area contributed by atoms with Crippen LogP contribution in [-0.2, 0) is 10.3 Å². The van der Waals surface area contributed by atoms with E-state index in [9.17, 15) is 9.59 Å². The molecule has 1 N–H and O–H groups in total. The minimum absolute atomic E-state index is 0.277. The van der Waals surface area contributed by atoms with Crippen LogP contribution in [0.5, 0.6) is 0 Å². The number of amides is 3. The second-order valence-corrected chi connectivity index (χ2v) is 3.76. The molecule has 1 heterocycles. The van der Waals surface area contributed by atoms with Crippen molar-refractivity contribution in [2.45, 2.75) is 12.5 Å². The fraction of sp³-hybridized carbons (Fsp3) is 0.273. The third-order valence-corrected chi connectivity index (χ3v) is 2.97. The Morgan fingerprint density at radius 3 is 2.27 bits per heavy atom. The van der Waals surface area contributed by atoms with Crippen LogP contribution in [0.1, 0.15) is 12.5 Å². The summed E-state index contributed by atoms with van der Waals surface area (Å²) in [5.74, 6) is -0.277. The lowest BCUT2D eigenvalue weighted by Gasteiger charge is -2.28. The molecule has 4 heteroatoms. The molecule has 0 radical (unpaired) electrons.